The Morgan fingerprint density at radius 1 is 1.24 bits per heavy atom. The van der Waals surface area contributed by atoms with Crippen LogP contribution >= 0.6 is 0 Å². The highest BCUT2D eigenvalue weighted by atomic mass is 16.4. The molecule has 25 heavy (non-hydrogen) atoms. The lowest BCUT2D eigenvalue weighted by molar-refractivity contribution is -0.116. The Bertz CT molecular complexity index is 968. The van der Waals surface area contributed by atoms with Gasteiger partial charge in [0, 0.05) is 25.2 Å². The second-order valence-corrected chi connectivity index (χ2v) is 6.72. The van der Waals surface area contributed by atoms with E-state index in [4.69, 9.17) is 4.42 Å². The number of benzene rings is 2. The molecule has 0 radical (unpaired) electrons. The Morgan fingerprint density at radius 3 is 2.72 bits per heavy atom. The van der Waals surface area contributed by atoms with E-state index in [-0.39, 0.29) is 11.8 Å². The number of aromatic nitrogens is 1. The van der Waals surface area contributed by atoms with Gasteiger partial charge in [0.2, 0.25) is 5.91 Å². The first-order chi connectivity index (χ1) is 12.1. The molecule has 4 rings (SSSR count). The number of aryl methyl sites for hydroxylation is 1. The predicted octanol–water partition coefficient (Wildman–Crippen LogP) is 3.65. The molecule has 128 valence electrons. The standard InChI is InChI=1S/C20H20N2O3/c1-22-17-10-9-15(11-18(17)25-20(22)24)21-19(23)12-16(14-7-8-14)13-5-3-2-4-6-13/h2-6,9-11,14,16H,7-8,12H2,1H3,(H,21,23). The van der Waals surface area contributed by atoms with Gasteiger partial charge in [0.25, 0.3) is 0 Å². The van der Waals surface area contributed by atoms with Crippen LogP contribution in [0.3, 0.4) is 0 Å². The summed E-state index contributed by atoms with van der Waals surface area (Å²) in [5.74, 6) is 0.442. The molecule has 0 saturated heterocycles. The van der Waals surface area contributed by atoms with E-state index in [2.05, 4.69) is 17.4 Å². The molecule has 5 nitrogen and oxygen atoms in total. The minimum atomic E-state index is -0.406. The molecule has 0 bridgehead atoms. The van der Waals surface area contributed by atoms with Crippen molar-refractivity contribution < 1.29 is 9.21 Å². The number of oxazole rings is 1. The van der Waals surface area contributed by atoms with E-state index in [0.717, 1.165) is 0 Å². The fourth-order valence-corrected chi connectivity index (χ4v) is 3.38. The molecule has 1 saturated carbocycles. The van der Waals surface area contributed by atoms with Crippen LogP contribution in [0.5, 0.6) is 0 Å². The maximum absolute atomic E-state index is 12.5. The van der Waals surface area contributed by atoms with Gasteiger partial charge in [-0.25, -0.2) is 4.79 Å². The minimum absolute atomic E-state index is 0.0154. The van der Waals surface area contributed by atoms with Crippen molar-refractivity contribution in [2.75, 3.05) is 5.32 Å². The van der Waals surface area contributed by atoms with Crippen molar-refractivity contribution in [2.24, 2.45) is 13.0 Å². The van der Waals surface area contributed by atoms with Crippen LogP contribution in [0.2, 0.25) is 0 Å². The van der Waals surface area contributed by atoms with Gasteiger partial charge in [0.15, 0.2) is 5.58 Å². The third kappa shape index (κ3) is 3.22. The normalized spacial score (nSPS) is 15.2. The van der Waals surface area contributed by atoms with Gasteiger partial charge in [0.1, 0.15) is 0 Å². The molecule has 1 atom stereocenters. The summed E-state index contributed by atoms with van der Waals surface area (Å²) in [6.45, 7) is 0. The number of hydrogen-bond donors (Lipinski definition) is 1. The van der Waals surface area contributed by atoms with E-state index >= 15 is 0 Å². The van der Waals surface area contributed by atoms with Crippen molar-refractivity contribution in [3.63, 3.8) is 0 Å². The first-order valence-corrected chi connectivity index (χ1v) is 8.56. The third-order valence-electron chi connectivity index (χ3n) is 4.90. The van der Waals surface area contributed by atoms with Gasteiger partial charge in [-0.3, -0.25) is 9.36 Å². The molecule has 2 aromatic carbocycles. The van der Waals surface area contributed by atoms with E-state index < -0.39 is 5.76 Å². The highest BCUT2D eigenvalue weighted by Gasteiger charge is 2.33. The smallest absolute Gasteiger partial charge is 0.408 e. The summed E-state index contributed by atoms with van der Waals surface area (Å²) < 4.78 is 6.62. The van der Waals surface area contributed by atoms with Gasteiger partial charge < -0.3 is 9.73 Å². The van der Waals surface area contributed by atoms with Crippen LogP contribution < -0.4 is 11.1 Å². The second-order valence-electron chi connectivity index (χ2n) is 6.72. The molecule has 1 amide bonds. The zero-order valence-corrected chi connectivity index (χ0v) is 14.1. The molecule has 0 aliphatic heterocycles. The molecule has 1 aliphatic carbocycles. The van der Waals surface area contributed by atoms with Crippen molar-refractivity contribution >= 4 is 22.7 Å². The van der Waals surface area contributed by atoms with Gasteiger partial charge in [0.05, 0.1) is 5.52 Å². The largest absolute Gasteiger partial charge is 0.419 e. The second kappa shape index (κ2) is 6.24. The Morgan fingerprint density at radius 2 is 2.00 bits per heavy atom. The highest BCUT2D eigenvalue weighted by molar-refractivity contribution is 5.93. The van der Waals surface area contributed by atoms with Crippen molar-refractivity contribution in [1.29, 1.82) is 0 Å². The summed E-state index contributed by atoms with van der Waals surface area (Å²) in [7, 11) is 1.66. The number of rotatable bonds is 5. The number of amides is 1. The lowest BCUT2D eigenvalue weighted by Gasteiger charge is -2.16. The molecular formula is C20H20N2O3. The van der Waals surface area contributed by atoms with Crippen molar-refractivity contribution in [3.8, 4) is 0 Å². The minimum Gasteiger partial charge on any atom is -0.408 e. The number of fused-ring (bicyclic) bond motifs is 1. The zero-order chi connectivity index (χ0) is 17.4. The number of anilines is 1. The van der Waals surface area contributed by atoms with E-state index in [1.165, 1.54) is 23.0 Å². The molecule has 1 aromatic heterocycles. The Hall–Kier alpha value is -2.82. The molecule has 3 aromatic rings. The van der Waals surface area contributed by atoms with E-state index in [0.29, 0.717) is 29.1 Å². The summed E-state index contributed by atoms with van der Waals surface area (Å²) in [5.41, 5.74) is 3.06. The van der Waals surface area contributed by atoms with Crippen LogP contribution in [0.25, 0.3) is 11.1 Å². The highest BCUT2D eigenvalue weighted by Crippen LogP contribution is 2.44. The number of nitrogens with one attached hydrogen (secondary N) is 1. The van der Waals surface area contributed by atoms with Gasteiger partial charge >= 0.3 is 5.76 Å². The maximum Gasteiger partial charge on any atom is 0.419 e. The number of carbonyl (C=O) groups is 1. The number of hydrogen-bond acceptors (Lipinski definition) is 3. The van der Waals surface area contributed by atoms with E-state index in [1.807, 2.05) is 18.2 Å². The van der Waals surface area contributed by atoms with E-state index in [9.17, 15) is 9.59 Å². The Balaban J connectivity index is 1.50. The van der Waals surface area contributed by atoms with E-state index in [1.54, 1.807) is 25.2 Å². The van der Waals surface area contributed by atoms with Gasteiger partial charge in [-0.15, -0.1) is 0 Å². The summed E-state index contributed by atoms with van der Waals surface area (Å²) >= 11 is 0. The van der Waals surface area contributed by atoms with Crippen LogP contribution in [0, 0.1) is 5.92 Å². The lowest BCUT2D eigenvalue weighted by atomic mass is 9.91. The quantitative estimate of drug-likeness (QED) is 0.773. The van der Waals surface area contributed by atoms with Gasteiger partial charge in [-0.2, -0.15) is 0 Å². The molecule has 1 unspecified atom stereocenters. The molecule has 1 aliphatic rings. The Kier molecular flexibility index (Phi) is 3.92. The van der Waals surface area contributed by atoms with Crippen LogP contribution in [0.15, 0.2) is 57.7 Å². The van der Waals surface area contributed by atoms with Crippen LogP contribution in [0.1, 0.15) is 30.7 Å². The maximum atomic E-state index is 12.5. The lowest BCUT2D eigenvalue weighted by Crippen LogP contribution is -2.16. The van der Waals surface area contributed by atoms with Crippen LogP contribution in [0.4, 0.5) is 5.69 Å². The van der Waals surface area contributed by atoms with Crippen LogP contribution in [-0.4, -0.2) is 10.5 Å². The number of nitrogens with zero attached hydrogens (tertiary/aromatic N) is 1. The summed E-state index contributed by atoms with van der Waals surface area (Å²) in [4.78, 5) is 24.1. The van der Waals surface area contributed by atoms with Crippen molar-refractivity contribution in [3.05, 3.63) is 64.6 Å². The zero-order valence-electron chi connectivity index (χ0n) is 14.1. The summed E-state index contributed by atoms with van der Waals surface area (Å²) in [6.07, 6.45) is 2.84. The third-order valence-corrected chi connectivity index (χ3v) is 4.90. The molecule has 0 spiro atoms. The van der Waals surface area contributed by atoms with Crippen molar-refractivity contribution in [1.82, 2.24) is 4.57 Å². The fraction of sp³-hybridized carbons (Fsp3) is 0.300. The topological polar surface area (TPSA) is 64.2 Å². The molecule has 1 N–H and O–H groups in total. The SMILES string of the molecule is Cn1c(=O)oc2cc(NC(=O)CC(c3ccccc3)C3CC3)ccc21. The summed E-state index contributed by atoms with van der Waals surface area (Å²) in [5, 5.41) is 2.94. The van der Waals surface area contributed by atoms with Crippen molar-refractivity contribution in [2.45, 2.75) is 25.2 Å². The number of carbonyl (C=O) groups excluding carboxylic acids is 1. The average Bonchev–Trinajstić information content (AvgIpc) is 3.41. The average molecular weight is 336 g/mol. The summed E-state index contributed by atoms with van der Waals surface area (Å²) in [6, 6.07) is 15.5. The fourth-order valence-electron chi connectivity index (χ4n) is 3.38. The molecule has 5 heteroatoms. The predicted molar refractivity (Wildman–Crippen MR) is 96.6 cm³/mol. The Labute approximate surface area is 145 Å². The van der Waals surface area contributed by atoms with Gasteiger partial charge in [-0.05, 0) is 42.4 Å². The van der Waals surface area contributed by atoms with Crippen LogP contribution in [-0.2, 0) is 11.8 Å². The monoisotopic (exact) mass is 336 g/mol. The molecular weight excluding hydrogens is 316 g/mol. The molecule has 1 heterocycles. The molecule has 1 fully saturated rings. The first kappa shape index (κ1) is 15.7. The first-order valence-electron chi connectivity index (χ1n) is 8.56. The van der Waals surface area contributed by atoms with Gasteiger partial charge in [-0.1, -0.05) is 30.3 Å².